The van der Waals surface area contributed by atoms with Gasteiger partial charge in [-0.05, 0) is 45.8 Å². The summed E-state index contributed by atoms with van der Waals surface area (Å²) in [7, 11) is 0. The van der Waals surface area contributed by atoms with E-state index >= 15 is 0 Å². The van der Waals surface area contributed by atoms with E-state index in [0.29, 0.717) is 21.0 Å². The van der Waals surface area contributed by atoms with Crippen molar-refractivity contribution in [3.63, 3.8) is 0 Å². The first-order valence-electron chi connectivity index (χ1n) is 5.70. The van der Waals surface area contributed by atoms with Crippen molar-refractivity contribution in [2.75, 3.05) is 11.1 Å². The molecular formula is C14H11BrClN3O. The van der Waals surface area contributed by atoms with Crippen LogP contribution in [0.1, 0.15) is 5.56 Å². The lowest BCUT2D eigenvalue weighted by molar-refractivity contribution is -0.111. The normalized spacial score (nSPS) is 10.7. The van der Waals surface area contributed by atoms with Gasteiger partial charge in [0.25, 0.3) is 0 Å². The maximum Gasteiger partial charge on any atom is 0.248 e. The van der Waals surface area contributed by atoms with Gasteiger partial charge in [0.1, 0.15) is 5.15 Å². The van der Waals surface area contributed by atoms with Crippen LogP contribution in [0.25, 0.3) is 6.08 Å². The van der Waals surface area contributed by atoms with Crippen LogP contribution in [0.5, 0.6) is 0 Å². The minimum atomic E-state index is -0.252. The average Bonchev–Trinajstić information content (AvgIpc) is 2.42. The number of amides is 1. The number of nitrogens with two attached hydrogens (primary N) is 1. The Hall–Kier alpha value is -1.85. The minimum Gasteiger partial charge on any atom is -0.399 e. The summed E-state index contributed by atoms with van der Waals surface area (Å²) in [5.74, 6) is -0.252. The van der Waals surface area contributed by atoms with Crippen molar-refractivity contribution in [1.82, 2.24) is 4.98 Å². The number of nitrogen functional groups attached to an aromatic ring is 1. The first-order chi connectivity index (χ1) is 9.54. The highest BCUT2D eigenvalue weighted by Crippen LogP contribution is 2.22. The van der Waals surface area contributed by atoms with Crippen LogP contribution in [0.15, 0.2) is 47.1 Å². The molecule has 1 amide bonds. The van der Waals surface area contributed by atoms with Crippen LogP contribution in [0.4, 0.5) is 11.4 Å². The molecule has 2 rings (SSSR count). The highest BCUT2D eigenvalue weighted by atomic mass is 79.9. The minimum absolute atomic E-state index is 0.252. The first kappa shape index (κ1) is 14.6. The third kappa shape index (κ3) is 4.08. The molecular weight excluding hydrogens is 342 g/mol. The molecule has 6 heteroatoms. The molecule has 1 aromatic heterocycles. The standard InChI is InChI=1S/C14H11BrClN3O/c15-12-7-11(8-18-14(12)16)19-13(20)6-3-9-1-4-10(17)5-2-9/h1-8H,17H2,(H,19,20)/b6-3+. The predicted octanol–water partition coefficient (Wildman–Crippen LogP) is 3.73. The second-order valence-corrected chi connectivity index (χ2v) is 5.20. The molecule has 0 radical (unpaired) electrons. The summed E-state index contributed by atoms with van der Waals surface area (Å²) in [4.78, 5) is 15.7. The lowest BCUT2D eigenvalue weighted by Gasteiger charge is -2.03. The SMILES string of the molecule is Nc1ccc(/C=C/C(=O)Nc2cnc(Cl)c(Br)c2)cc1. The van der Waals surface area contributed by atoms with Gasteiger partial charge < -0.3 is 11.1 Å². The zero-order valence-corrected chi connectivity index (χ0v) is 12.6. The molecule has 4 nitrogen and oxygen atoms in total. The molecule has 20 heavy (non-hydrogen) atoms. The highest BCUT2D eigenvalue weighted by Gasteiger charge is 2.02. The van der Waals surface area contributed by atoms with Crippen molar-refractivity contribution in [1.29, 1.82) is 0 Å². The summed E-state index contributed by atoms with van der Waals surface area (Å²) in [6, 6.07) is 8.90. The van der Waals surface area contributed by atoms with E-state index in [2.05, 4.69) is 26.2 Å². The molecule has 1 aromatic carbocycles. The molecule has 0 aliphatic rings. The number of nitrogens with zero attached hydrogens (tertiary/aromatic N) is 1. The first-order valence-corrected chi connectivity index (χ1v) is 6.87. The number of benzene rings is 1. The molecule has 0 saturated carbocycles. The van der Waals surface area contributed by atoms with Crippen molar-refractivity contribution in [3.8, 4) is 0 Å². The Labute approximate surface area is 129 Å². The largest absolute Gasteiger partial charge is 0.399 e. The van der Waals surface area contributed by atoms with Gasteiger partial charge in [-0.3, -0.25) is 4.79 Å². The second-order valence-electron chi connectivity index (χ2n) is 3.99. The van der Waals surface area contributed by atoms with E-state index in [1.807, 2.05) is 12.1 Å². The summed E-state index contributed by atoms with van der Waals surface area (Å²) in [6.07, 6.45) is 4.63. The quantitative estimate of drug-likeness (QED) is 0.502. The summed E-state index contributed by atoms with van der Waals surface area (Å²) < 4.78 is 0.625. The van der Waals surface area contributed by atoms with Crippen LogP contribution in [0.3, 0.4) is 0 Å². The van der Waals surface area contributed by atoms with Crippen LogP contribution >= 0.6 is 27.5 Å². The monoisotopic (exact) mass is 351 g/mol. The summed E-state index contributed by atoms with van der Waals surface area (Å²) in [5.41, 5.74) is 7.73. The van der Waals surface area contributed by atoms with Crippen LogP contribution in [0, 0.1) is 0 Å². The van der Waals surface area contributed by atoms with Crippen molar-refractivity contribution in [3.05, 3.63) is 57.8 Å². The maximum absolute atomic E-state index is 11.8. The van der Waals surface area contributed by atoms with Gasteiger partial charge in [0.2, 0.25) is 5.91 Å². The average molecular weight is 353 g/mol. The molecule has 0 spiro atoms. The molecule has 102 valence electrons. The van der Waals surface area contributed by atoms with Gasteiger partial charge in [0, 0.05) is 11.8 Å². The van der Waals surface area contributed by atoms with Gasteiger partial charge >= 0.3 is 0 Å². The van der Waals surface area contributed by atoms with E-state index in [1.165, 1.54) is 12.3 Å². The zero-order chi connectivity index (χ0) is 14.5. The van der Waals surface area contributed by atoms with Gasteiger partial charge in [-0.25, -0.2) is 4.98 Å². The van der Waals surface area contributed by atoms with Crippen LogP contribution in [-0.4, -0.2) is 10.9 Å². The van der Waals surface area contributed by atoms with E-state index in [9.17, 15) is 4.79 Å². The number of hydrogen-bond acceptors (Lipinski definition) is 3. The summed E-state index contributed by atoms with van der Waals surface area (Å²) in [6.45, 7) is 0. The van der Waals surface area contributed by atoms with E-state index in [4.69, 9.17) is 17.3 Å². The Morgan fingerprint density at radius 1 is 1.35 bits per heavy atom. The Bertz CT molecular complexity index is 656. The van der Waals surface area contributed by atoms with Crippen molar-refractivity contribution >= 4 is 50.9 Å². The number of carbonyl (C=O) groups is 1. The molecule has 1 heterocycles. The highest BCUT2D eigenvalue weighted by molar-refractivity contribution is 9.10. The Kier molecular flexibility index (Phi) is 4.76. The fourth-order valence-electron chi connectivity index (χ4n) is 1.45. The van der Waals surface area contributed by atoms with Crippen LogP contribution < -0.4 is 11.1 Å². The van der Waals surface area contributed by atoms with E-state index in [0.717, 1.165) is 5.56 Å². The summed E-state index contributed by atoms with van der Waals surface area (Å²) >= 11 is 9.02. The molecule has 0 aliphatic carbocycles. The number of pyridine rings is 1. The molecule has 2 aromatic rings. The van der Waals surface area contributed by atoms with E-state index in [1.54, 1.807) is 24.3 Å². The molecule has 0 atom stereocenters. The number of carbonyl (C=O) groups excluding carboxylic acids is 1. The van der Waals surface area contributed by atoms with Crippen molar-refractivity contribution < 1.29 is 4.79 Å². The number of hydrogen-bond donors (Lipinski definition) is 2. The Morgan fingerprint density at radius 3 is 2.70 bits per heavy atom. The van der Waals surface area contributed by atoms with Gasteiger partial charge in [0.05, 0.1) is 16.4 Å². The fraction of sp³-hybridized carbons (Fsp3) is 0. The van der Waals surface area contributed by atoms with Gasteiger partial charge in [0.15, 0.2) is 0 Å². The number of aromatic nitrogens is 1. The molecule has 3 N–H and O–H groups in total. The van der Waals surface area contributed by atoms with Gasteiger partial charge in [-0.2, -0.15) is 0 Å². The third-order valence-electron chi connectivity index (χ3n) is 2.43. The number of anilines is 2. The van der Waals surface area contributed by atoms with Crippen molar-refractivity contribution in [2.45, 2.75) is 0 Å². The Balaban J connectivity index is 2.01. The second kappa shape index (κ2) is 6.54. The molecule has 0 fully saturated rings. The van der Waals surface area contributed by atoms with Crippen LogP contribution in [-0.2, 0) is 4.79 Å². The van der Waals surface area contributed by atoms with Gasteiger partial charge in [-0.1, -0.05) is 23.7 Å². The number of halogens is 2. The predicted molar refractivity (Wildman–Crippen MR) is 85.5 cm³/mol. The molecule has 0 aliphatic heterocycles. The molecule has 0 bridgehead atoms. The molecule has 0 saturated heterocycles. The summed E-state index contributed by atoms with van der Waals surface area (Å²) in [5, 5.41) is 3.04. The maximum atomic E-state index is 11.8. The van der Waals surface area contributed by atoms with E-state index < -0.39 is 0 Å². The lowest BCUT2D eigenvalue weighted by atomic mass is 10.2. The van der Waals surface area contributed by atoms with Gasteiger partial charge in [-0.15, -0.1) is 0 Å². The van der Waals surface area contributed by atoms with Crippen LogP contribution in [0.2, 0.25) is 5.15 Å². The topological polar surface area (TPSA) is 68.0 Å². The molecule has 0 unspecified atom stereocenters. The van der Waals surface area contributed by atoms with Crippen molar-refractivity contribution in [2.24, 2.45) is 0 Å². The zero-order valence-electron chi connectivity index (χ0n) is 10.3. The smallest absolute Gasteiger partial charge is 0.248 e. The number of rotatable bonds is 3. The fourth-order valence-corrected chi connectivity index (χ4v) is 1.90. The lowest BCUT2D eigenvalue weighted by Crippen LogP contribution is -2.08. The third-order valence-corrected chi connectivity index (χ3v) is 3.56. The Morgan fingerprint density at radius 2 is 2.05 bits per heavy atom. The number of nitrogens with one attached hydrogen (secondary N) is 1. The van der Waals surface area contributed by atoms with E-state index in [-0.39, 0.29) is 5.91 Å².